The lowest BCUT2D eigenvalue weighted by atomic mass is 10.0. The van der Waals surface area contributed by atoms with Crippen molar-refractivity contribution in [1.82, 2.24) is 4.90 Å². The summed E-state index contributed by atoms with van der Waals surface area (Å²) >= 11 is 0. The molecule has 0 atom stereocenters. The Morgan fingerprint density at radius 2 is 1.34 bits per heavy atom. The van der Waals surface area contributed by atoms with E-state index in [2.05, 4.69) is 97.6 Å². The van der Waals surface area contributed by atoms with E-state index in [4.69, 9.17) is 4.99 Å². The van der Waals surface area contributed by atoms with Crippen LogP contribution in [0.1, 0.15) is 30.5 Å². The minimum absolute atomic E-state index is 0.973. The molecule has 3 aromatic rings. The zero-order valence-corrected chi connectivity index (χ0v) is 17.2. The Bertz CT molecular complexity index is 934. The highest BCUT2D eigenvalue weighted by Crippen LogP contribution is 2.23. The summed E-state index contributed by atoms with van der Waals surface area (Å²) in [6.45, 7) is 7.65. The molecule has 0 saturated carbocycles. The third kappa shape index (κ3) is 5.10. The van der Waals surface area contributed by atoms with E-state index in [0.717, 1.165) is 42.2 Å². The SMILES string of the molecule is C[C](C)CN1CC(=Cc2ccc(N=C(c3ccccc3)c3ccccc3)cc2)C1. The second kappa shape index (κ2) is 9.02. The Kier molecular flexibility index (Phi) is 6.02. The van der Waals surface area contributed by atoms with Crippen LogP contribution in [0.5, 0.6) is 0 Å². The van der Waals surface area contributed by atoms with Crippen LogP contribution in [-0.4, -0.2) is 30.2 Å². The number of benzene rings is 3. The topological polar surface area (TPSA) is 15.6 Å². The Morgan fingerprint density at radius 3 is 1.86 bits per heavy atom. The second-order valence-electron chi connectivity index (χ2n) is 7.94. The first-order valence-electron chi connectivity index (χ1n) is 10.2. The second-order valence-corrected chi connectivity index (χ2v) is 7.94. The molecule has 0 spiro atoms. The summed E-state index contributed by atoms with van der Waals surface area (Å²) in [6, 6.07) is 29.3. The molecule has 0 amide bonds. The van der Waals surface area contributed by atoms with Crippen molar-refractivity contribution in [2.24, 2.45) is 4.99 Å². The molecule has 2 nitrogen and oxygen atoms in total. The van der Waals surface area contributed by atoms with Gasteiger partial charge < -0.3 is 0 Å². The largest absolute Gasteiger partial charge is 0.295 e. The molecule has 0 aromatic heterocycles. The fourth-order valence-corrected chi connectivity index (χ4v) is 3.68. The Balaban J connectivity index is 1.54. The molecule has 29 heavy (non-hydrogen) atoms. The summed E-state index contributed by atoms with van der Waals surface area (Å²) in [5.41, 5.74) is 6.97. The minimum atomic E-state index is 0.973. The summed E-state index contributed by atoms with van der Waals surface area (Å²) in [4.78, 5) is 7.45. The fraction of sp³-hybridized carbons (Fsp3) is 0.185. The lowest BCUT2D eigenvalue weighted by Gasteiger charge is -2.35. The molecule has 1 aliphatic rings. The van der Waals surface area contributed by atoms with E-state index in [1.165, 1.54) is 17.1 Å². The number of likely N-dealkylation sites (tertiary alicyclic amines) is 1. The van der Waals surface area contributed by atoms with Crippen LogP contribution in [0.3, 0.4) is 0 Å². The van der Waals surface area contributed by atoms with Crippen molar-refractivity contribution in [3.63, 3.8) is 0 Å². The summed E-state index contributed by atoms with van der Waals surface area (Å²) in [6.07, 6.45) is 2.31. The van der Waals surface area contributed by atoms with Crippen LogP contribution in [0.15, 0.2) is 95.5 Å². The molecule has 1 saturated heterocycles. The van der Waals surface area contributed by atoms with Gasteiger partial charge in [0.25, 0.3) is 0 Å². The van der Waals surface area contributed by atoms with Crippen LogP contribution < -0.4 is 0 Å². The molecule has 4 rings (SSSR count). The molecule has 1 fully saturated rings. The highest BCUT2D eigenvalue weighted by atomic mass is 15.2. The van der Waals surface area contributed by atoms with Crippen LogP contribution in [0, 0.1) is 5.92 Å². The summed E-state index contributed by atoms with van der Waals surface area (Å²) in [5.74, 6) is 1.47. The maximum Gasteiger partial charge on any atom is 0.0781 e. The lowest BCUT2D eigenvalue weighted by molar-refractivity contribution is 0.262. The number of hydrogen-bond donors (Lipinski definition) is 0. The first-order chi connectivity index (χ1) is 14.2. The van der Waals surface area contributed by atoms with Gasteiger partial charge in [0, 0.05) is 30.8 Å². The average Bonchev–Trinajstić information content (AvgIpc) is 2.72. The van der Waals surface area contributed by atoms with Gasteiger partial charge in [0.2, 0.25) is 0 Å². The van der Waals surface area contributed by atoms with Crippen molar-refractivity contribution in [2.75, 3.05) is 19.6 Å². The van der Waals surface area contributed by atoms with E-state index >= 15 is 0 Å². The summed E-state index contributed by atoms with van der Waals surface area (Å²) in [5, 5.41) is 0. The fourth-order valence-electron chi connectivity index (χ4n) is 3.68. The van der Waals surface area contributed by atoms with E-state index in [1.807, 2.05) is 12.1 Å². The number of rotatable bonds is 6. The van der Waals surface area contributed by atoms with Crippen LogP contribution in [0.4, 0.5) is 5.69 Å². The standard InChI is InChI=1S/C27H27N2/c1-21(2)18-29-19-23(20-29)17-22-13-15-26(16-14-22)28-27(24-9-5-3-6-10-24)25-11-7-4-8-12-25/h3-17H,18-20H2,1-2H3. The molecule has 1 heterocycles. The third-order valence-corrected chi connectivity index (χ3v) is 4.99. The first-order valence-corrected chi connectivity index (χ1v) is 10.2. The molecular formula is C27H27N2. The monoisotopic (exact) mass is 379 g/mol. The number of aliphatic imine (C=N–C) groups is 1. The predicted molar refractivity (Wildman–Crippen MR) is 124 cm³/mol. The zero-order chi connectivity index (χ0) is 20.1. The normalized spacial score (nSPS) is 13.8. The Labute approximate surface area is 174 Å². The highest BCUT2D eigenvalue weighted by molar-refractivity contribution is 6.13. The van der Waals surface area contributed by atoms with Gasteiger partial charge in [-0.05, 0) is 29.2 Å². The van der Waals surface area contributed by atoms with E-state index in [-0.39, 0.29) is 0 Å². The maximum atomic E-state index is 4.98. The third-order valence-electron chi connectivity index (χ3n) is 4.99. The molecule has 1 aliphatic heterocycles. The van der Waals surface area contributed by atoms with Gasteiger partial charge in [0.1, 0.15) is 0 Å². The minimum Gasteiger partial charge on any atom is -0.295 e. The van der Waals surface area contributed by atoms with Gasteiger partial charge in [-0.3, -0.25) is 4.90 Å². The van der Waals surface area contributed by atoms with Crippen molar-refractivity contribution in [1.29, 1.82) is 0 Å². The van der Waals surface area contributed by atoms with Crippen molar-refractivity contribution in [2.45, 2.75) is 13.8 Å². The average molecular weight is 380 g/mol. The van der Waals surface area contributed by atoms with Gasteiger partial charge >= 0.3 is 0 Å². The highest BCUT2D eigenvalue weighted by Gasteiger charge is 2.20. The van der Waals surface area contributed by atoms with Gasteiger partial charge in [-0.15, -0.1) is 0 Å². The smallest absolute Gasteiger partial charge is 0.0781 e. The van der Waals surface area contributed by atoms with Crippen molar-refractivity contribution in [3.05, 3.63) is 113 Å². The van der Waals surface area contributed by atoms with Crippen LogP contribution in [0.25, 0.3) is 6.08 Å². The lowest BCUT2D eigenvalue weighted by Crippen LogP contribution is -2.41. The van der Waals surface area contributed by atoms with E-state index in [1.54, 1.807) is 0 Å². The van der Waals surface area contributed by atoms with Gasteiger partial charge in [-0.2, -0.15) is 0 Å². The first kappa shape index (κ1) is 19.4. The number of hydrogen-bond acceptors (Lipinski definition) is 2. The Hall–Kier alpha value is -2.97. The molecule has 1 radical (unpaired) electrons. The molecular weight excluding hydrogens is 352 g/mol. The van der Waals surface area contributed by atoms with E-state index in [0.29, 0.717) is 0 Å². The summed E-state index contributed by atoms with van der Waals surface area (Å²) in [7, 11) is 0. The van der Waals surface area contributed by atoms with Gasteiger partial charge in [-0.25, -0.2) is 4.99 Å². The molecule has 0 unspecified atom stereocenters. The number of nitrogens with zero attached hydrogens (tertiary/aromatic N) is 2. The van der Waals surface area contributed by atoms with Gasteiger partial charge in [0.15, 0.2) is 0 Å². The summed E-state index contributed by atoms with van der Waals surface area (Å²) < 4.78 is 0. The predicted octanol–water partition coefficient (Wildman–Crippen LogP) is 6.17. The zero-order valence-electron chi connectivity index (χ0n) is 17.2. The van der Waals surface area contributed by atoms with Crippen LogP contribution >= 0.6 is 0 Å². The van der Waals surface area contributed by atoms with Crippen molar-refractivity contribution < 1.29 is 0 Å². The van der Waals surface area contributed by atoms with Gasteiger partial charge in [-0.1, -0.05) is 92.7 Å². The maximum absolute atomic E-state index is 4.98. The van der Waals surface area contributed by atoms with Gasteiger partial charge in [0.05, 0.1) is 11.4 Å². The molecule has 2 heteroatoms. The quantitative estimate of drug-likeness (QED) is 0.468. The van der Waals surface area contributed by atoms with E-state index < -0.39 is 0 Å². The van der Waals surface area contributed by atoms with Crippen LogP contribution in [-0.2, 0) is 0 Å². The van der Waals surface area contributed by atoms with Crippen molar-refractivity contribution >= 4 is 17.5 Å². The van der Waals surface area contributed by atoms with Crippen molar-refractivity contribution in [3.8, 4) is 0 Å². The molecule has 3 aromatic carbocycles. The molecule has 0 bridgehead atoms. The van der Waals surface area contributed by atoms with E-state index in [9.17, 15) is 0 Å². The molecule has 0 N–H and O–H groups in total. The molecule has 0 aliphatic carbocycles. The molecule has 145 valence electrons. The van der Waals surface area contributed by atoms with Crippen LogP contribution in [0.2, 0.25) is 0 Å². The Morgan fingerprint density at radius 1 is 0.793 bits per heavy atom.